The third-order valence-corrected chi connectivity index (χ3v) is 2.76. The van der Waals surface area contributed by atoms with Gasteiger partial charge >= 0.3 is 0 Å². The molecule has 0 radical (unpaired) electrons. The van der Waals surface area contributed by atoms with Crippen LogP contribution in [0.1, 0.15) is 26.7 Å². The summed E-state index contributed by atoms with van der Waals surface area (Å²) >= 11 is 0. The van der Waals surface area contributed by atoms with Crippen molar-refractivity contribution in [2.45, 2.75) is 32.2 Å². The Bertz CT molecular complexity index is 257. The van der Waals surface area contributed by atoms with Crippen LogP contribution >= 0.6 is 0 Å². The van der Waals surface area contributed by atoms with Gasteiger partial charge in [0, 0.05) is 5.92 Å². The summed E-state index contributed by atoms with van der Waals surface area (Å²) in [4.78, 5) is 22.8. The Morgan fingerprint density at radius 3 is 2.33 bits per heavy atom. The molecule has 0 aromatic rings. The van der Waals surface area contributed by atoms with E-state index in [1.165, 1.54) is 0 Å². The standard InChI is InChI=1S/C10H19N3O2/c1-10(2,9(11)15)13-8(14)7-3-5-12-6-4-7/h7,12H,3-6H2,1-2H3,(H2,11,15)(H,13,14). The van der Waals surface area contributed by atoms with Crippen molar-refractivity contribution in [3.05, 3.63) is 0 Å². The summed E-state index contributed by atoms with van der Waals surface area (Å²) in [6.07, 6.45) is 1.64. The minimum Gasteiger partial charge on any atom is -0.368 e. The van der Waals surface area contributed by atoms with E-state index in [1.807, 2.05) is 0 Å². The molecule has 4 N–H and O–H groups in total. The topological polar surface area (TPSA) is 84.2 Å². The van der Waals surface area contributed by atoms with Crippen LogP contribution in [0.4, 0.5) is 0 Å². The zero-order chi connectivity index (χ0) is 11.5. The van der Waals surface area contributed by atoms with Gasteiger partial charge in [0.05, 0.1) is 0 Å². The van der Waals surface area contributed by atoms with Crippen molar-refractivity contribution in [2.24, 2.45) is 11.7 Å². The van der Waals surface area contributed by atoms with Gasteiger partial charge in [0.1, 0.15) is 5.54 Å². The largest absolute Gasteiger partial charge is 0.368 e. The molecule has 0 aromatic heterocycles. The summed E-state index contributed by atoms with van der Waals surface area (Å²) in [5.74, 6) is -0.574. The van der Waals surface area contributed by atoms with E-state index in [0.29, 0.717) is 0 Å². The molecule has 5 nitrogen and oxygen atoms in total. The van der Waals surface area contributed by atoms with E-state index in [9.17, 15) is 9.59 Å². The smallest absolute Gasteiger partial charge is 0.242 e. The minimum atomic E-state index is -0.956. The van der Waals surface area contributed by atoms with Crippen molar-refractivity contribution in [1.82, 2.24) is 10.6 Å². The Morgan fingerprint density at radius 1 is 1.33 bits per heavy atom. The number of carbonyl (C=O) groups is 2. The van der Waals surface area contributed by atoms with E-state index in [-0.39, 0.29) is 11.8 Å². The van der Waals surface area contributed by atoms with Crippen molar-refractivity contribution in [3.63, 3.8) is 0 Å². The molecule has 1 saturated heterocycles. The summed E-state index contributed by atoms with van der Waals surface area (Å²) in [5.41, 5.74) is 4.23. The average Bonchev–Trinajstić information content (AvgIpc) is 2.18. The molecule has 0 aliphatic carbocycles. The molecule has 0 atom stereocenters. The average molecular weight is 213 g/mol. The first-order chi connectivity index (χ1) is 6.93. The molecule has 0 spiro atoms. The first-order valence-corrected chi connectivity index (χ1v) is 5.26. The highest BCUT2D eigenvalue weighted by molar-refractivity contribution is 5.90. The maximum absolute atomic E-state index is 11.8. The Morgan fingerprint density at radius 2 is 1.87 bits per heavy atom. The minimum absolute atomic E-state index is 0.00451. The third kappa shape index (κ3) is 3.20. The molecule has 15 heavy (non-hydrogen) atoms. The SMILES string of the molecule is CC(C)(NC(=O)C1CCNCC1)C(N)=O. The Balaban J connectivity index is 2.50. The molecule has 0 aromatic carbocycles. The summed E-state index contributed by atoms with van der Waals surface area (Å²) in [6, 6.07) is 0. The number of nitrogens with one attached hydrogen (secondary N) is 2. The number of piperidine rings is 1. The van der Waals surface area contributed by atoms with Gasteiger partial charge in [0.2, 0.25) is 11.8 Å². The predicted molar refractivity (Wildman–Crippen MR) is 57.0 cm³/mol. The Labute approximate surface area is 89.8 Å². The predicted octanol–water partition coefficient (Wildman–Crippen LogP) is -0.634. The van der Waals surface area contributed by atoms with Crippen LogP contribution in [0.3, 0.4) is 0 Å². The van der Waals surface area contributed by atoms with Gasteiger partial charge in [-0.1, -0.05) is 0 Å². The number of primary amides is 1. The van der Waals surface area contributed by atoms with Gasteiger partial charge in [0.15, 0.2) is 0 Å². The molecule has 1 aliphatic heterocycles. The number of carbonyl (C=O) groups excluding carboxylic acids is 2. The molecule has 1 heterocycles. The van der Waals surface area contributed by atoms with Gasteiger partial charge in [-0.05, 0) is 39.8 Å². The van der Waals surface area contributed by atoms with Crippen molar-refractivity contribution in [1.29, 1.82) is 0 Å². The highest BCUT2D eigenvalue weighted by atomic mass is 16.2. The van der Waals surface area contributed by atoms with E-state index in [4.69, 9.17) is 5.73 Å². The number of rotatable bonds is 3. The molecule has 0 saturated carbocycles. The summed E-state index contributed by atoms with van der Waals surface area (Å²) in [6.45, 7) is 4.95. The quantitative estimate of drug-likeness (QED) is 0.583. The molecule has 1 aliphatic rings. The molecule has 86 valence electrons. The van der Waals surface area contributed by atoms with E-state index in [2.05, 4.69) is 10.6 Å². The molecular formula is C10H19N3O2. The highest BCUT2D eigenvalue weighted by Gasteiger charge is 2.30. The molecule has 1 fully saturated rings. The maximum Gasteiger partial charge on any atom is 0.242 e. The van der Waals surface area contributed by atoms with Crippen molar-refractivity contribution < 1.29 is 9.59 Å². The number of hydrogen-bond acceptors (Lipinski definition) is 3. The van der Waals surface area contributed by atoms with Crippen LogP contribution in [0.25, 0.3) is 0 Å². The molecule has 1 rings (SSSR count). The zero-order valence-corrected chi connectivity index (χ0v) is 9.30. The maximum atomic E-state index is 11.8. The Kier molecular flexibility index (Phi) is 3.68. The fourth-order valence-corrected chi connectivity index (χ4v) is 1.56. The molecule has 5 heteroatoms. The first kappa shape index (κ1) is 12.0. The van der Waals surface area contributed by atoms with Gasteiger partial charge in [-0.3, -0.25) is 9.59 Å². The third-order valence-electron chi connectivity index (χ3n) is 2.76. The van der Waals surface area contributed by atoms with Gasteiger partial charge in [-0.25, -0.2) is 0 Å². The van der Waals surface area contributed by atoms with Crippen LogP contribution in [0.15, 0.2) is 0 Å². The summed E-state index contributed by atoms with van der Waals surface area (Å²) in [7, 11) is 0. The lowest BCUT2D eigenvalue weighted by atomic mass is 9.95. The fraction of sp³-hybridized carbons (Fsp3) is 0.800. The van der Waals surface area contributed by atoms with Gasteiger partial charge in [-0.15, -0.1) is 0 Å². The Hall–Kier alpha value is -1.10. The second kappa shape index (κ2) is 4.61. The van der Waals surface area contributed by atoms with Crippen LogP contribution < -0.4 is 16.4 Å². The second-order valence-electron chi connectivity index (χ2n) is 4.50. The number of nitrogens with two attached hydrogens (primary N) is 1. The van der Waals surface area contributed by atoms with Gasteiger partial charge in [-0.2, -0.15) is 0 Å². The van der Waals surface area contributed by atoms with E-state index < -0.39 is 11.4 Å². The number of amides is 2. The zero-order valence-electron chi connectivity index (χ0n) is 9.30. The lowest BCUT2D eigenvalue weighted by molar-refractivity contribution is -0.133. The van der Waals surface area contributed by atoms with Crippen LogP contribution in [0, 0.1) is 5.92 Å². The lowest BCUT2D eigenvalue weighted by Crippen LogP contribution is -2.55. The van der Waals surface area contributed by atoms with Crippen molar-refractivity contribution in [3.8, 4) is 0 Å². The van der Waals surface area contributed by atoms with E-state index >= 15 is 0 Å². The summed E-state index contributed by atoms with van der Waals surface area (Å²) < 4.78 is 0. The van der Waals surface area contributed by atoms with Crippen molar-refractivity contribution >= 4 is 11.8 Å². The fourth-order valence-electron chi connectivity index (χ4n) is 1.56. The van der Waals surface area contributed by atoms with E-state index in [1.54, 1.807) is 13.8 Å². The van der Waals surface area contributed by atoms with E-state index in [0.717, 1.165) is 25.9 Å². The van der Waals surface area contributed by atoms with Crippen LogP contribution in [-0.4, -0.2) is 30.4 Å². The summed E-state index contributed by atoms with van der Waals surface area (Å²) in [5, 5.41) is 5.87. The van der Waals surface area contributed by atoms with Crippen LogP contribution in [0.5, 0.6) is 0 Å². The molecule has 0 bridgehead atoms. The highest BCUT2D eigenvalue weighted by Crippen LogP contribution is 2.13. The molecule has 0 unspecified atom stereocenters. The van der Waals surface area contributed by atoms with Gasteiger partial charge in [0.25, 0.3) is 0 Å². The van der Waals surface area contributed by atoms with Crippen molar-refractivity contribution in [2.75, 3.05) is 13.1 Å². The molecular weight excluding hydrogens is 194 g/mol. The lowest BCUT2D eigenvalue weighted by Gasteiger charge is -2.27. The van der Waals surface area contributed by atoms with Crippen LogP contribution in [-0.2, 0) is 9.59 Å². The first-order valence-electron chi connectivity index (χ1n) is 5.26. The molecule has 2 amide bonds. The number of hydrogen-bond donors (Lipinski definition) is 3. The normalized spacial score (nSPS) is 18.5. The van der Waals surface area contributed by atoms with Crippen LogP contribution in [0.2, 0.25) is 0 Å². The monoisotopic (exact) mass is 213 g/mol. The second-order valence-corrected chi connectivity index (χ2v) is 4.50. The van der Waals surface area contributed by atoms with Gasteiger partial charge < -0.3 is 16.4 Å².